The summed E-state index contributed by atoms with van der Waals surface area (Å²) in [5.41, 5.74) is 0. The third-order valence-corrected chi connectivity index (χ3v) is 4.51. The first-order valence-corrected chi connectivity index (χ1v) is 11.9. The Morgan fingerprint density at radius 3 is 1.13 bits per heavy atom. The van der Waals surface area contributed by atoms with E-state index in [4.69, 9.17) is 33.2 Å². The topological polar surface area (TPSA) is 81.7 Å². The van der Waals surface area contributed by atoms with Crippen LogP contribution in [0, 0.1) is 0 Å². The van der Waals surface area contributed by atoms with Crippen molar-refractivity contribution in [2.75, 3.05) is 98.2 Å². The smallest absolute Gasteiger partial charge is 0.185 e. The van der Waals surface area contributed by atoms with Gasteiger partial charge in [-0.05, 0) is 12.8 Å². The Hall–Kier alpha value is -0.260. The summed E-state index contributed by atoms with van der Waals surface area (Å²) in [7, 11) is 0. The molecule has 0 saturated carbocycles. The Kier molecular flexibility index (Phi) is 26.5. The van der Waals surface area contributed by atoms with Crippen LogP contribution in [0.2, 0.25) is 0 Å². The van der Waals surface area contributed by atoms with Crippen LogP contribution >= 0.6 is 11.8 Å². The molecule has 0 rings (SSSR count). The first-order valence-electron chi connectivity index (χ1n) is 10.9. The van der Waals surface area contributed by atoms with Gasteiger partial charge in [-0.15, -0.1) is 0 Å². The molecule has 0 radical (unpaired) electrons. The van der Waals surface area contributed by atoms with Crippen molar-refractivity contribution in [1.29, 1.82) is 0 Å². The molecule has 0 aromatic rings. The van der Waals surface area contributed by atoms with Crippen molar-refractivity contribution < 1.29 is 38.0 Å². The molecule has 0 aliphatic heterocycles. The molecule has 9 heteroatoms. The zero-order valence-electron chi connectivity index (χ0n) is 18.9. The van der Waals surface area contributed by atoms with Crippen LogP contribution in [0.25, 0.3) is 0 Å². The highest BCUT2D eigenvalue weighted by Gasteiger charge is 1.96. The third-order valence-electron chi connectivity index (χ3n) is 3.61. The van der Waals surface area contributed by atoms with Crippen molar-refractivity contribution in [3.8, 4) is 0 Å². The second-order valence-electron chi connectivity index (χ2n) is 6.33. The third kappa shape index (κ3) is 27.7. The SMILES string of the molecule is CCCCOCCOCCOCCOCCOCCOCCOCCCSC(C)=O. The molecule has 0 aliphatic carbocycles. The van der Waals surface area contributed by atoms with E-state index in [1.54, 1.807) is 6.92 Å². The molecule has 0 bridgehead atoms. The van der Waals surface area contributed by atoms with Gasteiger partial charge in [0.25, 0.3) is 0 Å². The van der Waals surface area contributed by atoms with Crippen LogP contribution in [0.5, 0.6) is 0 Å². The fourth-order valence-corrected chi connectivity index (χ4v) is 2.59. The predicted octanol–water partition coefficient (Wildman–Crippen LogP) is 2.57. The number of hydrogen-bond donors (Lipinski definition) is 0. The minimum atomic E-state index is 0.150. The lowest BCUT2D eigenvalue weighted by Crippen LogP contribution is -2.14. The second-order valence-corrected chi connectivity index (χ2v) is 7.61. The minimum absolute atomic E-state index is 0.150. The Morgan fingerprint density at radius 2 is 0.833 bits per heavy atom. The number of hydrogen-bond acceptors (Lipinski definition) is 9. The Morgan fingerprint density at radius 1 is 0.533 bits per heavy atom. The van der Waals surface area contributed by atoms with E-state index in [0.29, 0.717) is 85.9 Å². The van der Waals surface area contributed by atoms with Crippen molar-refractivity contribution in [3.63, 3.8) is 0 Å². The van der Waals surface area contributed by atoms with Crippen LogP contribution in [0.4, 0.5) is 0 Å². The lowest BCUT2D eigenvalue weighted by Gasteiger charge is -2.08. The molecule has 30 heavy (non-hydrogen) atoms. The van der Waals surface area contributed by atoms with Gasteiger partial charge in [-0.2, -0.15) is 0 Å². The van der Waals surface area contributed by atoms with Gasteiger partial charge in [0.2, 0.25) is 0 Å². The summed E-state index contributed by atoms with van der Waals surface area (Å²) in [5.74, 6) is 0.807. The molecule has 0 spiro atoms. The maximum Gasteiger partial charge on any atom is 0.185 e. The quantitative estimate of drug-likeness (QED) is 0.193. The van der Waals surface area contributed by atoms with Gasteiger partial charge in [0.15, 0.2) is 5.12 Å². The highest BCUT2D eigenvalue weighted by molar-refractivity contribution is 8.13. The van der Waals surface area contributed by atoms with E-state index in [2.05, 4.69) is 6.92 Å². The van der Waals surface area contributed by atoms with Crippen molar-refractivity contribution in [2.45, 2.75) is 33.1 Å². The summed E-state index contributed by atoms with van der Waals surface area (Å²) in [6.45, 7) is 11.9. The Labute approximate surface area is 186 Å². The van der Waals surface area contributed by atoms with E-state index in [0.717, 1.165) is 31.6 Å². The van der Waals surface area contributed by atoms with Crippen LogP contribution in [0.15, 0.2) is 0 Å². The zero-order valence-corrected chi connectivity index (χ0v) is 19.7. The first-order chi connectivity index (χ1) is 14.8. The molecule has 0 heterocycles. The molecule has 0 saturated heterocycles. The molecule has 0 aromatic heterocycles. The highest BCUT2D eigenvalue weighted by atomic mass is 32.2. The monoisotopic (exact) mass is 454 g/mol. The average molecular weight is 455 g/mol. The molecule has 0 atom stereocenters. The Bertz CT molecular complexity index is 347. The van der Waals surface area contributed by atoms with Gasteiger partial charge in [-0.1, -0.05) is 25.1 Å². The summed E-state index contributed by atoms with van der Waals surface area (Å²) >= 11 is 1.33. The minimum Gasteiger partial charge on any atom is -0.379 e. The summed E-state index contributed by atoms with van der Waals surface area (Å²) in [4.78, 5) is 10.7. The van der Waals surface area contributed by atoms with Gasteiger partial charge in [-0.25, -0.2) is 0 Å². The summed E-state index contributed by atoms with van der Waals surface area (Å²) in [6, 6.07) is 0. The normalized spacial score (nSPS) is 11.3. The average Bonchev–Trinajstić information content (AvgIpc) is 2.73. The van der Waals surface area contributed by atoms with Gasteiger partial charge in [0, 0.05) is 25.9 Å². The maximum absolute atomic E-state index is 10.7. The fourth-order valence-electron chi connectivity index (χ4n) is 2.04. The van der Waals surface area contributed by atoms with Crippen LogP contribution in [-0.4, -0.2) is 103 Å². The standard InChI is InChI=1S/C21H42O8S/c1-3-4-6-23-8-10-25-12-14-27-16-18-29-19-17-28-15-13-26-11-9-24-7-5-20-30-21(2)22/h3-20H2,1-2H3. The zero-order chi connectivity index (χ0) is 22.0. The molecule has 0 unspecified atom stereocenters. The number of thioether (sulfide) groups is 1. The van der Waals surface area contributed by atoms with Gasteiger partial charge in [-0.3, -0.25) is 4.79 Å². The van der Waals surface area contributed by atoms with E-state index in [1.807, 2.05) is 0 Å². The lowest BCUT2D eigenvalue weighted by atomic mass is 10.4. The van der Waals surface area contributed by atoms with E-state index in [1.165, 1.54) is 11.8 Å². The lowest BCUT2D eigenvalue weighted by molar-refractivity contribution is -0.109. The predicted molar refractivity (Wildman–Crippen MR) is 118 cm³/mol. The van der Waals surface area contributed by atoms with Gasteiger partial charge < -0.3 is 33.2 Å². The van der Waals surface area contributed by atoms with Crippen LogP contribution < -0.4 is 0 Å². The number of carbonyl (C=O) groups excluding carboxylic acids is 1. The second kappa shape index (κ2) is 26.8. The van der Waals surface area contributed by atoms with Gasteiger partial charge in [0.1, 0.15) is 0 Å². The number of unbranched alkanes of at least 4 members (excludes halogenated alkanes) is 1. The summed E-state index contributed by atoms with van der Waals surface area (Å²) < 4.78 is 37.9. The molecule has 0 amide bonds. The summed E-state index contributed by atoms with van der Waals surface area (Å²) in [6.07, 6.45) is 3.13. The molecule has 0 N–H and O–H groups in total. The Balaban J connectivity index is 2.99. The molecule has 0 aliphatic rings. The summed E-state index contributed by atoms with van der Waals surface area (Å²) in [5, 5.41) is 0.150. The number of ether oxygens (including phenoxy) is 7. The largest absolute Gasteiger partial charge is 0.379 e. The van der Waals surface area contributed by atoms with Crippen molar-refractivity contribution in [1.82, 2.24) is 0 Å². The van der Waals surface area contributed by atoms with Crippen molar-refractivity contribution in [2.24, 2.45) is 0 Å². The highest BCUT2D eigenvalue weighted by Crippen LogP contribution is 2.02. The molecule has 0 fully saturated rings. The van der Waals surface area contributed by atoms with E-state index in [-0.39, 0.29) is 5.12 Å². The van der Waals surface area contributed by atoms with Gasteiger partial charge in [0.05, 0.1) is 79.3 Å². The van der Waals surface area contributed by atoms with Crippen molar-refractivity contribution in [3.05, 3.63) is 0 Å². The van der Waals surface area contributed by atoms with Gasteiger partial charge >= 0.3 is 0 Å². The van der Waals surface area contributed by atoms with Crippen molar-refractivity contribution >= 4 is 16.9 Å². The molecular formula is C21H42O8S. The molecule has 8 nitrogen and oxygen atoms in total. The first kappa shape index (κ1) is 29.7. The van der Waals surface area contributed by atoms with E-state index >= 15 is 0 Å². The molecular weight excluding hydrogens is 412 g/mol. The van der Waals surface area contributed by atoms with E-state index < -0.39 is 0 Å². The van der Waals surface area contributed by atoms with Crippen LogP contribution in [0.3, 0.4) is 0 Å². The molecule has 0 aromatic carbocycles. The van der Waals surface area contributed by atoms with E-state index in [9.17, 15) is 4.79 Å². The van der Waals surface area contributed by atoms with Crippen LogP contribution in [0.1, 0.15) is 33.1 Å². The maximum atomic E-state index is 10.7. The molecule has 180 valence electrons. The number of carbonyl (C=O) groups is 1. The number of rotatable bonds is 25. The van der Waals surface area contributed by atoms with Crippen LogP contribution in [-0.2, 0) is 38.0 Å². The fraction of sp³-hybridized carbons (Fsp3) is 0.952.